The summed E-state index contributed by atoms with van der Waals surface area (Å²) in [5, 5.41) is 2.96. The largest absolute Gasteiger partial charge is 0.379 e. The van der Waals surface area contributed by atoms with E-state index in [1.54, 1.807) is 12.1 Å². The third-order valence-corrected chi connectivity index (χ3v) is 5.75. The molecule has 2 aliphatic heterocycles. The lowest BCUT2D eigenvalue weighted by molar-refractivity contribution is 0.0342. The van der Waals surface area contributed by atoms with Gasteiger partial charge in [-0.25, -0.2) is 0 Å². The summed E-state index contributed by atoms with van der Waals surface area (Å²) in [4.78, 5) is 30.1. The van der Waals surface area contributed by atoms with E-state index in [4.69, 9.17) is 4.74 Å². The first-order chi connectivity index (χ1) is 14.7. The zero-order valence-corrected chi connectivity index (χ0v) is 17.3. The molecule has 0 aromatic heterocycles. The maximum atomic E-state index is 13.0. The van der Waals surface area contributed by atoms with Crippen LogP contribution in [0.1, 0.15) is 45.5 Å². The summed E-state index contributed by atoms with van der Waals surface area (Å²) in [6.07, 6.45) is 3.25. The Hall–Kier alpha value is -2.70. The lowest BCUT2D eigenvalue weighted by Gasteiger charge is -2.27. The number of amides is 2. The molecule has 0 atom stereocenters. The first kappa shape index (κ1) is 20.6. The number of rotatable bonds is 5. The van der Waals surface area contributed by atoms with Gasteiger partial charge in [0.25, 0.3) is 11.8 Å². The Morgan fingerprint density at radius 2 is 1.67 bits per heavy atom. The maximum absolute atomic E-state index is 13.0. The van der Waals surface area contributed by atoms with E-state index in [1.807, 2.05) is 41.3 Å². The number of hydrogen-bond acceptors (Lipinski definition) is 4. The quantitative estimate of drug-likeness (QED) is 0.825. The van der Waals surface area contributed by atoms with Gasteiger partial charge in [0.1, 0.15) is 0 Å². The molecule has 0 saturated carbocycles. The molecule has 0 radical (unpaired) electrons. The van der Waals surface area contributed by atoms with Crippen LogP contribution in [0.2, 0.25) is 0 Å². The minimum atomic E-state index is -0.197. The smallest absolute Gasteiger partial charge is 0.255 e. The lowest BCUT2D eigenvalue weighted by Crippen LogP contribution is -2.36. The summed E-state index contributed by atoms with van der Waals surface area (Å²) in [5.74, 6) is -0.204. The second kappa shape index (κ2) is 9.87. The zero-order chi connectivity index (χ0) is 20.8. The molecule has 6 heteroatoms. The van der Waals surface area contributed by atoms with Crippen molar-refractivity contribution in [3.05, 3.63) is 65.2 Å². The average Bonchev–Trinajstić information content (AvgIpc) is 2.80. The SMILES string of the molecule is O=C(Nc1ccccc1C(=O)N1CCCCC1)c1cccc(CN2CCOCC2)c1. The van der Waals surface area contributed by atoms with Crippen LogP contribution in [-0.2, 0) is 11.3 Å². The number of anilines is 1. The molecular weight excluding hydrogens is 378 g/mol. The van der Waals surface area contributed by atoms with Gasteiger partial charge in [0.2, 0.25) is 0 Å². The van der Waals surface area contributed by atoms with Crippen LogP contribution in [0.25, 0.3) is 0 Å². The van der Waals surface area contributed by atoms with Gasteiger partial charge in [-0.1, -0.05) is 24.3 Å². The van der Waals surface area contributed by atoms with Crippen LogP contribution < -0.4 is 5.32 Å². The number of benzene rings is 2. The number of carbonyl (C=O) groups is 2. The lowest BCUT2D eigenvalue weighted by atomic mass is 10.1. The fraction of sp³-hybridized carbons (Fsp3) is 0.417. The molecule has 2 fully saturated rings. The monoisotopic (exact) mass is 407 g/mol. The number of nitrogens with one attached hydrogen (secondary N) is 1. The van der Waals surface area contributed by atoms with E-state index in [-0.39, 0.29) is 11.8 Å². The van der Waals surface area contributed by atoms with Gasteiger partial charge in [0.05, 0.1) is 24.5 Å². The molecule has 1 N–H and O–H groups in total. The van der Waals surface area contributed by atoms with Crippen molar-refractivity contribution in [1.82, 2.24) is 9.80 Å². The Balaban J connectivity index is 1.46. The van der Waals surface area contributed by atoms with Gasteiger partial charge in [-0.3, -0.25) is 14.5 Å². The summed E-state index contributed by atoms with van der Waals surface area (Å²) >= 11 is 0. The first-order valence-corrected chi connectivity index (χ1v) is 10.8. The minimum Gasteiger partial charge on any atom is -0.379 e. The predicted octanol–water partition coefficient (Wildman–Crippen LogP) is 3.40. The summed E-state index contributed by atoms with van der Waals surface area (Å²) < 4.78 is 5.40. The number of morpholine rings is 1. The molecule has 158 valence electrons. The number of ether oxygens (including phenoxy) is 1. The molecule has 2 aliphatic rings. The fourth-order valence-corrected chi connectivity index (χ4v) is 4.07. The van der Waals surface area contributed by atoms with Crippen molar-refractivity contribution in [2.75, 3.05) is 44.7 Å². The summed E-state index contributed by atoms with van der Waals surface area (Å²) in [6, 6.07) is 15.0. The number of para-hydroxylation sites is 1. The maximum Gasteiger partial charge on any atom is 0.255 e. The Morgan fingerprint density at radius 3 is 2.47 bits per heavy atom. The second-order valence-corrected chi connectivity index (χ2v) is 7.94. The Morgan fingerprint density at radius 1 is 0.900 bits per heavy atom. The normalized spacial score (nSPS) is 17.5. The van der Waals surface area contributed by atoms with Gasteiger partial charge < -0.3 is 15.0 Å². The third-order valence-electron chi connectivity index (χ3n) is 5.75. The minimum absolute atomic E-state index is 0.00771. The van der Waals surface area contributed by atoms with E-state index >= 15 is 0 Å². The van der Waals surface area contributed by atoms with E-state index < -0.39 is 0 Å². The molecule has 30 heavy (non-hydrogen) atoms. The first-order valence-electron chi connectivity index (χ1n) is 10.8. The average molecular weight is 408 g/mol. The molecular formula is C24H29N3O3. The topological polar surface area (TPSA) is 61.9 Å². The molecule has 0 spiro atoms. The number of likely N-dealkylation sites (tertiary alicyclic amines) is 1. The molecule has 2 saturated heterocycles. The predicted molar refractivity (Wildman–Crippen MR) is 117 cm³/mol. The molecule has 0 aliphatic carbocycles. The van der Waals surface area contributed by atoms with Crippen molar-refractivity contribution in [2.24, 2.45) is 0 Å². The van der Waals surface area contributed by atoms with E-state index in [0.29, 0.717) is 16.8 Å². The van der Waals surface area contributed by atoms with Crippen LogP contribution in [-0.4, -0.2) is 61.0 Å². The highest BCUT2D eigenvalue weighted by molar-refractivity contribution is 6.09. The van der Waals surface area contributed by atoms with Gasteiger partial charge in [-0.05, 0) is 49.1 Å². The Bertz CT molecular complexity index is 887. The standard InChI is InChI=1S/C24H29N3O3/c28-23(20-8-6-7-19(17-20)18-26-13-15-30-16-14-26)25-22-10-3-2-9-21(22)24(29)27-11-4-1-5-12-27/h2-3,6-10,17H,1,4-5,11-16,18H2,(H,25,28). The third kappa shape index (κ3) is 5.07. The summed E-state index contributed by atoms with van der Waals surface area (Å²) in [5.41, 5.74) is 2.82. The molecule has 2 amide bonds. The number of nitrogens with zero attached hydrogens (tertiary/aromatic N) is 2. The molecule has 0 bridgehead atoms. The van der Waals surface area contributed by atoms with Crippen molar-refractivity contribution in [3.63, 3.8) is 0 Å². The number of carbonyl (C=O) groups excluding carboxylic acids is 2. The second-order valence-electron chi connectivity index (χ2n) is 7.94. The van der Waals surface area contributed by atoms with Crippen molar-refractivity contribution < 1.29 is 14.3 Å². The fourth-order valence-electron chi connectivity index (χ4n) is 4.07. The molecule has 2 aromatic rings. The molecule has 6 nitrogen and oxygen atoms in total. The van der Waals surface area contributed by atoms with Gasteiger partial charge >= 0.3 is 0 Å². The van der Waals surface area contributed by atoms with Crippen molar-refractivity contribution in [1.29, 1.82) is 0 Å². The van der Waals surface area contributed by atoms with E-state index in [0.717, 1.165) is 64.3 Å². The number of hydrogen-bond donors (Lipinski definition) is 1. The highest BCUT2D eigenvalue weighted by atomic mass is 16.5. The molecule has 0 unspecified atom stereocenters. The zero-order valence-electron chi connectivity index (χ0n) is 17.3. The Labute approximate surface area is 177 Å². The molecule has 2 heterocycles. The highest BCUT2D eigenvalue weighted by Gasteiger charge is 2.21. The summed E-state index contributed by atoms with van der Waals surface area (Å²) in [6.45, 7) is 5.68. The van der Waals surface area contributed by atoms with Crippen molar-refractivity contribution >= 4 is 17.5 Å². The number of piperidine rings is 1. The van der Waals surface area contributed by atoms with Gasteiger partial charge in [0, 0.05) is 38.3 Å². The highest BCUT2D eigenvalue weighted by Crippen LogP contribution is 2.21. The van der Waals surface area contributed by atoms with E-state index in [2.05, 4.69) is 10.2 Å². The van der Waals surface area contributed by atoms with Crippen LogP contribution in [0.5, 0.6) is 0 Å². The van der Waals surface area contributed by atoms with Gasteiger partial charge in [-0.2, -0.15) is 0 Å². The van der Waals surface area contributed by atoms with Gasteiger partial charge in [0.15, 0.2) is 0 Å². The van der Waals surface area contributed by atoms with Crippen molar-refractivity contribution in [3.8, 4) is 0 Å². The van der Waals surface area contributed by atoms with Gasteiger partial charge in [-0.15, -0.1) is 0 Å². The van der Waals surface area contributed by atoms with E-state index in [9.17, 15) is 9.59 Å². The Kier molecular flexibility index (Phi) is 6.77. The van der Waals surface area contributed by atoms with E-state index in [1.165, 1.54) is 6.42 Å². The van der Waals surface area contributed by atoms with Crippen LogP contribution in [0.15, 0.2) is 48.5 Å². The molecule has 4 rings (SSSR count). The van der Waals surface area contributed by atoms with Crippen molar-refractivity contribution in [2.45, 2.75) is 25.8 Å². The van der Waals surface area contributed by atoms with Crippen LogP contribution in [0.4, 0.5) is 5.69 Å². The van der Waals surface area contributed by atoms with Crippen LogP contribution >= 0.6 is 0 Å². The van der Waals surface area contributed by atoms with Crippen LogP contribution in [0.3, 0.4) is 0 Å². The molecule has 2 aromatic carbocycles. The van der Waals surface area contributed by atoms with Crippen LogP contribution in [0, 0.1) is 0 Å². The summed E-state index contributed by atoms with van der Waals surface area (Å²) in [7, 11) is 0.